The minimum Gasteiger partial charge on any atom is -0.435 e. The summed E-state index contributed by atoms with van der Waals surface area (Å²) in [6.45, 7) is 0. The Hall–Kier alpha value is -1.49. The third-order valence-electron chi connectivity index (χ3n) is 3.19. The minimum atomic E-state index is -0.397. The standard InChI is InChI=1S/C14H12BrFN2O/c15-9-5-6-11(16)13(7-9)19-14-10-3-1-2-4-12(10)17-8-18-14/h5-8H,1-4H2. The molecule has 0 spiro atoms. The molecule has 0 saturated carbocycles. The van der Waals surface area contributed by atoms with Crippen LogP contribution in [0.4, 0.5) is 4.39 Å². The molecule has 0 fully saturated rings. The SMILES string of the molecule is Fc1ccc(Br)cc1Oc1ncnc2c1CCCC2. The van der Waals surface area contributed by atoms with Crippen LogP contribution < -0.4 is 4.74 Å². The first kappa shape index (κ1) is 12.5. The highest BCUT2D eigenvalue weighted by Gasteiger charge is 2.18. The van der Waals surface area contributed by atoms with E-state index in [1.807, 2.05) is 0 Å². The molecule has 0 amide bonds. The van der Waals surface area contributed by atoms with Crippen molar-refractivity contribution in [3.63, 3.8) is 0 Å². The summed E-state index contributed by atoms with van der Waals surface area (Å²) in [6, 6.07) is 4.61. The minimum absolute atomic E-state index is 0.181. The number of rotatable bonds is 2. The van der Waals surface area contributed by atoms with E-state index >= 15 is 0 Å². The summed E-state index contributed by atoms with van der Waals surface area (Å²) in [5, 5.41) is 0. The Kier molecular flexibility index (Phi) is 3.46. The summed E-state index contributed by atoms with van der Waals surface area (Å²) < 4.78 is 20.1. The lowest BCUT2D eigenvalue weighted by atomic mass is 9.97. The van der Waals surface area contributed by atoms with Crippen LogP contribution in [0.1, 0.15) is 24.1 Å². The van der Waals surface area contributed by atoms with Gasteiger partial charge in [-0.05, 0) is 43.9 Å². The first-order valence-corrected chi connectivity index (χ1v) is 6.99. The third kappa shape index (κ3) is 2.61. The van der Waals surface area contributed by atoms with E-state index in [0.29, 0.717) is 5.88 Å². The molecule has 1 aromatic carbocycles. The summed E-state index contributed by atoms with van der Waals surface area (Å²) in [6.07, 6.45) is 5.54. The van der Waals surface area contributed by atoms with E-state index in [-0.39, 0.29) is 5.75 Å². The van der Waals surface area contributed by atoms with E-state index in [0.717, 1.165) is 41.4 Å². The molecule has 1 aromatic heterocycles. The van der Waals surface area contributed by atoms with Crippen LogP contribution in [0.5, 0.6) is 11.6 Å². The van der Waals surface area contributed by atoms with Crippen molar-refractivity contribution in [3.8, 4) is 11.6 Å². The summed E-state index contributed by atoms with van der Waals surface area (Å²) in [5.74, 6) is 0.258. The molecule has 2 aromatic rings. The second-order valence-electron chi connectivity index (χ2n) is 4.49. The quantitative estimate of drug-likeness (QED) is 0.836. The van der Waals surface area contributed by atoms with Crippen molar-refractivity contribution in [2.45, 2.75) is 25.7 Å². The summed E-state index contributed by atoms with van der Waals surface area (Å²) >= 11 is 3.31. The van der Waals surface area contributed by atoms with Gasteiger partial charge in [-0.25, -0.2) is 14.4 Å². The fourth-order valence-corrected chi connectivity index (χ4v) is 2.58. The van der Waals surface area contributed by atoms with Crippen molar-refractivity contribution >= 4 is 15.9 Å². The van der Waals surface area contributed by atoms with Gasteiger partial charge in [-0.1, -0.05) is 15.9 Å². The highest BCUT2D eigenvalue weighted by atomic mass is 79.9. The maximum absolute atomic E-state index is 13.7. The van der Waals surface area contributed by atoms with Crippen LogP contribution in [0.3, 0.4) is 0 Å². The van der Waals surface area contributed by atoms with Gasteiger partial charge in [0.25, 0.3) is 0 Å². The van der Waals surface area contributed by atoms with E-state index in [1.54, 1.807) is 12.1 Å². The van der Waals surface area contributed by atoms with Crippen molar-refractivity contribution in [2.75, 3.05) is 0 Å². The summed E-state index contributed by atoms with van der Waals surface area (Å²) in [7, 11) is 0. The Labute approximate surface area is 119 Å². The van der Waals surface area contributed by atoms with E-state index in [1.165, 1.54) is 12.4 Å². The van der Waals surface area contributed by atoms with Crippen LogP contribution in [-0.4, -0.2) is 9.97 Å². The van der Waals surface area contributed by atoms with Crippen LogP contribution in [-0.2, 0) is 12.8 Å². The van der Waals surface area contributed by atoms with Gasteiger partial charge in [0, 0.05) is 10.0 Å². The number of aromatic nitrogens is 2. The van der Waals surface area contributed by atoms with Gasteiger partial charge in [-0.15, -0.1) is 0 Å². The lowest BCUT2D eigenvalue weighted by Gasteiger charge is -2.17. The topological polar surface area (TPSA) is 35.0 Å². The molecule has 0 bridgehead atoms. The fourth-order valence-electron chi connectivity index (χ4n) is 2.24. The lowest BCUT2D eigenvalue weighted by molar-refractivity contribution is 0.416. The van der Waals surface area contributed by atoms with Crippen LogP contribution in [0.2, 0.25) is 0 Å². The average molecular weight is 323 g/mol. The molecular weight excluding hydrogens is 311 g/mol. The third-order valence-corrected chi connectivity index (χ3v) is 3.68. The molecule has 1 aliphatic carbocycles. The molecule has 3 nitrogen and oxygen atoms in total. The molecule has 3 rings (SSSR count). The fraction of sp³-hybridized carbons (Fsp3) is 0.286. The molecule has 98 valence electrons. The number of hydrogen-bond acceptors (Lipinski definition) is 3. The van der Waals surface area contributed by atoms with E-state index in [2.05, 4.69) is 25.9 Å². The molecule has 19 heavy (non-hydrogen) atoms. The molecule has 0 radical (unpaired) electrons. The molecule has 0 unspecified atom stereocenters. The number of halogens is 2. The number of hydrogen-bond donors (Lipinski definition) is 0. The van der Waals surface area contributed by atoms with Crippen molar-refractivity contribution in [1.29, 1.82) is 0 Å². The van der Waals surface area contributed by atoms with Crippen LogP contribution in [0.25, 0.3) is 0 Å². The molecule has 1 heterocycles. The first-order chi connectivity index (χ1) is 9.24. The normalized spacial score (nSPS) is 14.0. The monoisotopic (exact) mass is 322 g/mol. The van der Waals surface area contributed by atoms with Gasteiger partial charge in [0.1, 0.15) is 6.33 Å². The number of ether oxygens (including phenoxy) is 1. The maximum Gasteiger partial charge on any atom is 0.225 e. The van der Waals surface area contributed by atoms with Gasteiger partial charge in [0.15, 0.2) is 11.6 Å². The van der Waals surface area contributed by atoms with Crippen molar-refractivity contribution in [1.82, 2.24) is 9.97 Å². The zero-order chi connectivity index (χ0) is 13.2. The average Bonchev–Trinajstić information content (AvgIpc) is 2.43. The Morgan fingerprint density at radius 2 is 2.00 bits per heavy atom. The van der Waals surface area contributed by atoms with Gasteiger partial charge in [0.2, 0.25) is 5.88 Å². The molecule has 1 aliphatic rings. The van der Waals surface area contributed by atoms with Gasteiger partial charge >= 0.3 is 0 Å². The highest BCUT2D eigenvalue weighted by Crippen LogP contribution is 2.31. The van der Waals surface area contributed by atoms with Gasteiger partial charge in [-0.2, -0.15) is 0 Å². The lowest BCUT2D eigenvalue weighted by Crippen LogP contribution is -2.08. The van der Waals surface area contributed by atoms with E-state index in [9.17, 15) is 4.39 Å². The van der Waals surface area contributed by atoms with Crippen molar-refractivity contribution in [3.05, 3.63) is 46.1 Å². The molecule has 0 atom stereocenters. The zero-order valence-electron chi connectivity index (χ0n) is 10.2. The number of fused-ring (bicyclic) bond motifs is 1. The van der Waals surface area contributed by atoms with Crippen LogP contribution in [0, 0.1) is 5.82 Å². The summed E-state index contributed by atoms with van der Waals surface area (Å²) in [5.41, 5.74) is 2.03. The Morgan fingerprint density at radius 1 is 1.16 bits per heavy atom. The number of nitrogens with zero attached hydrogens (tertiary/aromatic N) is 2. The predicted molar refractivity (Wildman–Crippen MR) is 72.8 cm³/mol. The second kappa shape index (κ2) is 5.25. The Morgan fingerprint density at radius 3 is 2.89 bits per heavy atom. The predicted octanol–water partition coefficient (Wildman–Crippen LogP) is 4.05. The smallest absolute Gasteiger partial charge is 0.225 e. The van der Waals surface area contributed by atoms with Crippen LogP contribution >= 0.6 is 15.9 Å². The van der Waals surface area contributed by atoms with E-state index in [4.69, 9.17) is 4.74 Å². The number of benzene rings is 1. The Bertz CT molecular complexity index is 618. The van der Waals surface area contributed by atoms with E-state index < -0.39 is 5.82 Å². The van der Waals surface area contributed by atoms with Crippen molar-refractivity contribution < 1.29 is 9.13 Å². The van der Waals surface area contributed by atoms with Crippen LogP contribution in [0.15, 0.2) is 29.0 Å². The maximum atomic E-state index is 13.7. The first-order valence-electron chi connectivity index (χ1n) is 6.19. The van der Waals surface area contributed by atoms with Gasteiger partial charge in [-0.3, -0.25) is 0 Å². The van der Waals surface area contributed by atoms with Gasteiger partial charge in [0.05, 0.1) is 5.69 Å². The molecule has 0 N–H and O–H groups in total. The van der Waals surface area contributed by atoms with Crippen molar-refractivity contribution in [2.24, 2.45) is 0 Å². The Balaban J connectivity index is 1.97. The highest BCUT2D eigenvalue weighted by molar-refractivity contribution is 9.10. The second-order valence-corrected chi connectivity index (χ2v) is 5.40. The molecular formula is C14H12BrFN2O. The molecule has 0 aliphatic heterocycles. The van der Waals surface area contributed by atoms with Gasteiger partial charge < -0.3 is 4.74 Å². The molecule has 0 saturated heterocycles. The number of aryl methyl sites for hydroxylation is 1. The zero-order valence-corrected chi connectivity index (χ0v) is 11.8. The molecule has 5 heteroatoms. The summed E-state index contributed by atoms with van der Waals surface area (Å²) in [4.78, 5) is 8.41. The largest absolute Gasteiger partial charge is 0.435 e.